The Hall–Kier alpha value is -1.31. The molecular weight excluding hydrogens is 395 g/mol. The monoisotopic (exact) mass is 408 g/mol. The molecule has 2 aromatic rings. The molecule has 22 heavy (non-hydrogen) atoms. The van der Waals surface area contributed by atoms with E-state index in [1.165, 1.54) is 25.1 Å². The average molecular weight is 409 g/mol. The molecule has 1 heterocycles. The maximum absolute atomic E-state index is 11.1. The van der Waals surface area contributed by atoms with Gasteiger partial charge in [0, 0.05) is 5.38 Å². The Bertz CT molecular complexity index is 674. The number of carbonyl (C=O) groups excluding carboxylic acids is 1. The van der Waals surface area contributed by atoms with Gasteiger partial charge in [-0.15, -0.1) is 22.9 Å². The largest absolute Gasteiger partial charge is 0.248 e. The summed E-state index contributed by atoms with van der Waals surface area (Å²) in [6, 6.07) is 3.71. The van der Waals surface area contributed by atoms with Crippen LogP contribution in [-0.4, -0.2) is 38.4 Å². The Balaban J connectivity index is 0.000000287. The van der Waals surface area contributed by atoms with E-state index in [0.717, 1.165) is 5.69 Å². The molecule has 1 aromatic carbocycles. The van der Waals surface area contributed by atoms with E-state index in [1.807, 2.05) is 5.38 Å². The molecule has 7 nitrogen and oxygen atoms in total. The van der Waals surface area contributed by atoms with Gasteiger partial charge in [-0.2, -0.15) is 0 Å². The molecule has 4 N–H and O–H groups in total. The van der Waals surface area contributed by atoms with Crippen LogP contribution in [0.2, 0.25) is 0 Å². The van der Waals surface area contributed by atoms with Crippen molar-refractivity contribution in [3.05, 3.63) is 34.8 Å². The molecule has 0 bridgehead atoms. The van der Waals surface area contributed by atoms with Crippen LogP contribution in [0.1, 0.15) is 12.6 Å². The molecule has 1 amide bonds. The quantitative estimate of drug-likeness (QED) is 0.339. The first-order valence-electron chi connectivity index (χ1n) is 5.84. The van der Waals surface area contributed by atoms with Crippen LogP contribution in [-0.2, 0) is 14.4 Å². The zero-order valence-corrected chi connectivity index (χ0v) is 14.9. The molecule has 2 rings (SSSR count). The molecular formula is C12H14AsClN2O5S. The Morgan fingerprint density at radius 1 is 1.45 bits per heavy atom. The van der Waals surface area contributed by atoms with Crippen LogP contribution in [0.5, 0.6) is 5.75 Å². The van der Waals surface area contributed by atoms with Crippen LogP contribution in [0.25, 0.3) is 0 Å². The minimum absolute atomic E-state index is 0.225. The van der Waals surface area contributed by atoms with Gasteiger partial charge in [0.25, 0.3) is 0 Å². The fourth-order valence-electron chi connectivity index (χ4n) is 1.38. The van der Waals surface area contributed by atoms with E-state index in [9.17, 15) is 13.6 Å². The van der Waals surface area contributed by atoms with Gasteiger partial charge in [-0.05, 0) is 0 Å². The van der Waals surface area contributed by atoms with Gasteiger partial charge in [-0.3, -0.25) is 0 Å². The number of halogens is 1. The van der Waals surface area contributed by atoms with Crippen LogP contribution < -0.4 is 9.67 Å². The Morgan fingerprint density at radius 3 is 2.55 bits per heavy atom. The molecule has 0 fully saturated rings. The van der Waals surface area contributed by atoms with Crippen LogP contribution in [0.15, 0.2) is 29.1 Å². The predicted octanol–water partition coefficient (Wildman–Crippen LogP) is 0.793. The number of hydrogen-bond acceptors (Lipinski definition) is 5. The molecule has 0 aliphatic heterocycles. The zero-order chi connectivity index (χ0) is 16.8. The number of para-hydroxylation sites is 1. The molecule has 0 spiro atoms. The van der Waals surface area contributed by atoms with E-state index in [1.54, 1.807) is 16.8 Å². The van der Waals surface area contributed by atoms with E-state index in [0.29, 0.717) is 5.88 Å². The van der Waals surface area contributed by atoms with Gasteiger partial charge in [-0.1, -0.05) is 0 Å². The summed E-state index contributed by atoms with van der Waals surface area (Å²) in [6.07, 6.45) is 0. The molecule has 0 unspecified atom stereocenters. The van der Waals surface area contributed by atoms with Gasteiger partial charge in [0.1, 0.15) is 0 Å². The third kappa shape index (κ3) is 5.82. The molecule has 1 aromatic heterocycles. The van der Waals surface area contributed by atoms with Gasteiger partial charge in [0.15, 0.2) is 0 Å². The first-order valence-corrected chi connectivity index (χ1v) is 10.7. The number of aromatic nitrogens is 1. The number of alkyl halides is 1. The summed E-state index contributed by atoms with van der Waals surface area (Å²) >= 11 is 1.84. The summed E-state index contributed by atoms with van der Waals surface area (Å²) in [5.74, 6) is -0.349. The average Bonchev–Trinajstić information content (AvgIpc) is 2.93. The van der Waals surface area contributed by atoms with Crippen molar-refractivity contribution in [3.8, 4) is 5.75 Å². The van der Waals surface area contributed by atoms with Gasteiger partial charge in [0.05, 0.1) is 17.1 Å². The summed E-state index contributed by atoms with van der Waals surface area (Å²) < 4.78 is 28.8. The Morgan fingerprint density at radius 2 is 2.14 bits per heavy atom. The fraction of sp³-hybridized carbons (Fsp3) is 0.167. The predicted molar refractivity (Wildman–Crippen MR) is 84.6 cm³/mol. The maximum Gasteiger partial charge on any atom is 0.0795 e. The Labute approximate surface area is 138 Å². The smallest absolute Gasteiger partial charge is 0.0795 e. The maximum atomic E-state index is 11.1. The van der Waals surface area contributed by atoms with E-state index in [4.69, 9.17) is 19.8 Å². The van der Waals surface area contributed by atoms with E-state index in [2.05, 4.69) is 10.3 Å². The third-order valence-corrected chi connectivity index (χ3v) is 5.26. The molecule has 0 saturated heterocycles. The second-order valence-corrected chi connectivity index (χ2v) is 8.29. The van der Waals surface area contributed by atoms with Crippen LogP contribution in [0, 0.1) is 0 Å². The molecule has 120 valence electrons. The fourth-order valence-corrected chi connectivity index (χ4v) is 3.73. The normalized spacial score (nSPS) is 10.5. The second-order valence-electron chi connectivity index (χ2n) is 4.01. The molecule has 0 radical (unpaired) electrons. The number of nitrogens with one attached hydrogen (secondary N) is 1. The molecule has 0 aliphatic rings. The van der Waals surface area contributed by atoms with Crippen molar-refractivity contribution in [2.45, 2.75) is 12.8 Å². The standard InChI is InChI=1S/C8H10AsNO5.C4H4ClNS/c1-5(11)10-8-6(9(13,14)15)3-2-4-7(8)12;5-1-4-2-7-3-6-4/h2-4,12H,1H3,(H,10,11)(H2,13,14,15);2-3H,1H2. The van der Waals surface area contributed by atoms with Crippen molar-refractivity contribution in [1.29, 1.82) is 0 Å². The summed E-state index contributed by atoms with van der Waals surface area (Å²) in [5.41, 5.74) is 2.52. The number of thiazole rings is 1. The van der Waals surface area contributed by atoms with Crippen molar-refractivity contribution >= 4 is 53.1 Å². The SMILES string of the molecule is CC(=O)Nc1c(O)cccc1[As](=O)(O)O.ClCc1cscn1. The number of rotatable bonds is 3. The second kappa shape index (κ2) is 8.35. The number of phenolic OH excluding ortho intramolecular Hbond substituents is 1. The number of aromatic hydroxyl groups is 1. The zero-order valence-electron chi connectivity index (χ0n) is 11.4. The molecule has 0 saturated carbocycles. The van der Waals surface area contributed by atoms with Crippen molar-refractivity contribution in [3.63, 3.8) is 0 Å². The van der Waals surface area contributed by atoms with Crippen molar-refractivity contribution in [2.75, 3.05) is 5.32 Å². The number of hydrogen-bond donors (Lipinski definition) is 4. The Kier molecular flexibility index (Phi) is 7.12. The first kappa shape index (κ1) is 18.7. The number of amides is 1. The number of phenols is 1. The van der Waals surface area contributed by atoms with Crippen molar-refractivity contribution < 1.29 is 21.8 Å². The summed E-state index contributed by atoms with van der Waals surface area (Å²) in [4.78, 5) is 14.7. The summed E-state index contributed by atoms with van der Waals surface area (Å²) in [6.45, 7) is 1.18. The van der Waals surface area contributed by atoms with Gasteiger partial charge >= 0.3 is 88.1 Å². The van der Waals surface area contributed by atoms with E-state index >= 15 is 0 Å². The molecule has 10 heteroatoms. The topological polar surface area (TPSA) is 120 Å². The first-order chi connectivity index (χ1) is 10.3. The van der Waals surface area contributed by atoms with E-state index in [-0.39, 0.29) is 15.8 Å². The molecule has 0 aliphatic carbocycles. The number of nitrogens with zero attached hydrogens (tertiary/aromatic N) is 1. The van der Waals surface area contributed by atoms with Gasteiger partial charge < -0.3 is 0 Å². The minimum atomic E-state index is -5.14. The number of carbonyl (C=O) groups is 1. The number of benzene rings is 1. The van der Waals surface area contributed by atoms with Crippen molar-refractivity contribution in [2.24, 2.45) is 0 Å². The van der Waals surface area contributed by atoms with Crippen LogP contribution in [0.4, 0.5) is 5.69 Å². The summed E-state index contributed by atoms with van der Waals surface area (Å²) in [5, 5.41) is 13.5. The van der Waals surface area contributed by atoms with Crippen LogP contribution >= 0.6 is 22.9 Å². The number of anilines is 1. The van der Waals surface area contributed by atoms with Crippen LogP contribution in [0.3, 0.4) is 0 Å². The third-order valence-electron chi connectivity index (χ3n) is 2.26. The molecule has 0 atom stereocenters. The van der Waals surface area contributed by atoms with Gasteiger partial charge in [-0.25, -0.2) is 4.98 Å². The van der Waals surface area contributed by atoms with Gasteiger partial charge in [0.2, 0.25) is 0 Å². The minimum Gasteiger partial charge on any atom is -0.248 e. The summed E-state index contributed by atoms with van der Waals surface area (Å²) in [7, 11) is 0. The van der Waals surface area contributed by atoms with E-state index < -0.39 is 20.1 Å². The van der Waals surface area contributed by atoms with Crippen molar-refractivity contribution in [1.82, 2.24) is 4.98 Å².